The molecule has 1 aliphatic rings. The Labute approximate surface area is 170 Å². The average Bonchev–Trinajstić information content (AvgIpc) is 3.41. The predicted molar refractivity (Wildman–Crippen MR) is 106 cm³/mol. The van der Waals surface area contributed by atoms with Crippen LogP contribution in [0.3, 0.4) is 0 Å². The van der Waals surface area contributed by atoms with Crippen molar-refractivity contribution in [2.45, 2.75) is 19.8 Å². The summed E-state index contributed by atoms with van der Waals surface area (Å²) in [6.45, 7) is 3.16. The number of nitro groups is 1. The number of tetrazole rings is 1. The Hall–Kier alpha value is -3.89. The number of aryl methyl sites for hydroxylation is 1. The molecule has 30 heavy (non-hydrogen) atoms. The first-order valence-corrected chi connectivity index (χ1v) is 9.33. The van der Waals surface area contributed by atoms with Crippen LogP contribution in [0.2, 0.25) is 0 Å². The first-order chi connectivity index (χ1) is 14.4. The minimum absolute atomic E-state index is 0.0630. The van der Waals surface area contributed by atoms with Crippen LogP contribution in [0.5, 0.6) is 0 Å². The third-order valence-corrected chi connectivity index (χ3v) is 4.95. The summed E-state index contributed by atoms with van der Waals surface area (Å²) in [5.74, 6) is -0.816. The van der Waals surface area contributed by atoms with Gasteiger partial charge in [0, 0.05) is 24.7 Å². The smallest absolute Gasteiger partial charge is 0.293 e. The molecular formula is C19H18FN7O3. The first kappa shape index (κ1) is 19.4. The second-order valence-corrected chi connectivity index (χ2v) is 6.91. The van der Waals surface area contributed by atoms with Gasteiger partial charge in [-0.3, -0.25) is 14.9 Å². The lowest BCUT2D eigenvalue weighted by Gasteiger charge is -2.18. The van der Waals surface area contributed by atoms with Crippen LogP contribution < -0.4 is 10.2 Å². The summed E-state index contributed by atoms with van der Waals surface area (Å²) in [4.78, 5) is 25.6. The van der Waals surface area contributed by atoms with Gasteiger partial charge in [0.05, 0.1) is 16.3 Å². The molecule has 0 saturated carbocycles. The summed E-state index contributed by atoms with van der Waals surface area (Å²) >= 11 is 0. The number of benzene rings is 2. The predicted octanol–water partition coefficient (Wildman–Crippen LogP) is 2.87. The normalized spacial score (nSPS) is 13.5. The molecule has 4 rings (SSSR count). The van der Waals surface area contributed by atoms with Crippen molar-refractivity contribution < 1.29 is 14.1 Å². The highest BCUT2D eigenvalue weighted by Crippen LogP contribution is 2.32. The van der Waals surface area contributed by atoms with Crippen molar-refractivity contribution in [1.29, 1.82) is 0 Å². The van der Waals surface area contributed by atoms with Crippen LogP contribution in [0.4, 0.5) is 21.5 Å². The van der Waals surface area contributed by atoms with Crippen LogP contribution in [0.25, 0.3) is 5.69 Å². The van der Waals surface area contributed by atoms with Crippen LogP contribution in [0.15, 0.2) is 36.4 Å². The quantitative estimate of drug-likeness (QED) is 0.506. The van der Waals surface area contributed by atoms with E-state index >= 15 is 0 Å². The van der Waals surface area contributed by atoms with Crippen molar-refractivity contribution >= 4 is 23.0 Å². The maximum atomic E-state index is 14.3. The molecular weight excluding hydrogens is 393 g/mol. The molecule has 10 nitrogen and oxygen atoms in total. The Morgan fingerprint density at radius 2 is 1.97 bits per heavy atom. The number of amides is 1. The number of nitro benzene ring substituents is 1. The van der Waals surface area contributed by atoms with Gasteiger partial charge in [0.2, 0.25) is 0 Å². The summed E-state index contributed by atoms with van der Waals surface area (Å²) in [7, 11) is 0. The minimum atomic E-state index is -0.657. The van der Waals surface area contributed by atoms with Gasteiger partial charge in [-0.25, -0.2) is 4.39 Å². The van der Waals surface area contributed by atoms with Crippen LogP contribution in [0, 0.1) is 22.9 Å². The summed E-state index contributed by atoms with van der Waals surface area (Å²) < 4.78 is 15.7. The number of halogens is 1. The lowest BCUT2D eigenvalue weighted by atomic mass is 10.1. The molecule has 1 amide bonds. The molecule has 154 valence electrons. The van der Waals surface area contributed by atoms with E-state index in [1.807, 2.05) is 4.90 Å². The molecule has 1 saturated heterocycles. The van der Waals surface area contributed by atoms with Gasteiger partial charge in [0.25, 0.3) is 11.6 Å². The highest BCUT2D eigenvalue weighted by molar-refractivity contribution is 6.05. The number of anilines is 2. The zero-order chi connectivity index (χ0) is 21.3. The highest BCUT2D eigenvalue weighted by atomic mass is 19.1. The number of hydrogen-bond donors (Lipinski definition) is 1. The number of carbonyl (C=O) groups excluding carboxylic acids is 1. The molecule has 0 radical (unpaired) electrons. The molecule has 0 spiro atoms. The second-order valence-electron chi connectivity index (χ2n) is 6.91. The van der Waals surface area contributed by atoms with E-state index < -0.39 is 16.6 Å². The van der Waals surface area contributed by atoms with Crippen molar-refractivity contribution in [3.05, 3.63) is 63.7 Å². The van der Waals surface area contributed by atoms with Gasteiger partial charge in [-0.15, -0.1) is 5.10 Å². The van der Waals surface area contributed by atoms with Crippen LogP contribution in [-0.2, 0) is 0 Å². The van der Waals surface area contributed by atoms with Gasteiger partial charge in [-0.1, -0.05) is 0 Å². The van der Waals surface area contributed by atoms with Gasteiger partial charge in [0.1, 0.15) is 11.5 Å². The maximum absolute atomic E-state index is 14.3. The number of carbonyl (C=O) groups is 1. The highest BCUT2D eigenvalue weighted by Gasteiger charge is 2.24. The van der Waals surface area contributed by atoms with E-state index in [4.69, 9.17) is 0 Å². The van der Waals surface area contributed by atoms with E-state index in [1.165, 1.54) is 35.0 Å². The number of aromatic nitrogens is 4. The van der Waals surface area contributed by atoms with E-state index in [1.54, 1.807) is 13.0 Å². The first-order valence-electron chi connectivity index (χ1n) is 9.33. The van der Waals surface area contributed by atoms with E-state index in [2.05, 4.69) is 20.8 Å². The number of nitrogens with one attached hydrogen (secondary N) is 1. The molecule has 2 aromatic carbocycles. The number of nitrogens with zero attached hydrogens (tertiary/aromatic N) is 6. The molecule has 1 aromatic heterocycles. The van der Waals surface area contributed by atoms with Gasteiger partial charge < -0.3 is 10.2 Å². The van der Waals surface area contributed by atoms with E-state index in [0.717, 1.165) is 25.9 Å². The third kappa shape index (κ3) is 3.69. The van der Waals surface area contributed by atoms with Crippen LogP contribution in [-0.4, -0.2) is 44.1 Å². The lowest BCUT2D eigenvalue weighted by molar-refractivity contribution is -0.384. The monoisotopic (exact) mass is 411 g/mol. The number of hydrogen-bond acceptors (Lipinski definition) is 7. The van der Waals surface area contributed by atoms with Gasteiger partial charge >= 0.3 is 0 Å². The van der Waals surface area contributed by atoms with E-state index in [0.29, 0.717) is 17.2 Å². The van der Waals surface area contributed by atoms with Gasteiger partial charge in [-0.2, -0.15) is 4.68 Å². The summed E-state index contributed by atoms with van der Waals surface area (Å²) in [6.07, 6.45) is 1.94. The minimum Gasteiger partial charge on any atom is -0.366 e. The number of rotatable bonds is 5. The molecule has 11 heteroatoms. The molecule has 1 fully saturated rings. The van der Waals surface area contributed by atoms with Gasteiger partial charge in [-0.05, 0) is 60.5 Å². The standard InChI is InChI=1S/C19H18FN7O3/c1-12-22-23-24-26(12)14-5-6-15(20)16(11-14)21-19(28)13-4-7-17(18(10-13)27(29)30)25-8-2-3-9-25/h4-7,10-11H,2-3,8-9H2,1H3,(H,21,28). The summed E-state index contributed by atoms with van der Waals surface area (Å²) in [6, 6.07) is 8.34. The fraction of sp³-hybridized carbons (Fsp3) is 0.263. The zero-order valence-electron chi connectivity index (χ0n) is 16.1. The SMILES string of the molecule is Cc1nnnn1-c1ccc(F)c(NC(=O)c2ccc(N3CCCC3)c([N+](=O)[O-])c2)c1. The van der Waals surface area contributed by atoms with E-state index in [9.17, 15) is 19.3 Å². The lowest BCUT2D eigenvalue weighted by Crippen LogP contribution is -2.20. The third-order valence-electron chi connectivity index (χ3n) is 4.95. The molecule has 0 unspecified atom stereocenters. The van der Waals surface area contributed by atoms with Crippen molar-refractivity contribution in [1.82, 2.24) is 20.2 Å². The summed E-state index contributed by atoms with van der Waals surface area (Å²) in [5, 5.41) is 25.1. The van der Waals surface area contributed by atoms with Crippen molar-refractivity contribution in [2.75, 3.05) is 23.3 Å². The molecule has 2 heterocycles. The topological polar surface area (TPSA) is 119 Å². The van der Waals surface area contributed by atoms with E-state index in [-0.39, 0.29) is 16.9 Å². The Balaban J connectivity index is 1.62. The molecule has 0 aliphatic carbocycles. The fourth-order valence-corrected chi connectivity index (χ4v) is 3.44. The average molecular weight is 411 g/mol. The maximum Gasteiger partial charge on any atom is 0.293 e. The molecule has 0 atom stereocenters. The Morgan fingerprint density at radius 3 is 2.63 bits per heavy atom. The Morgan fingerprint density at radius 1 is 1.20 bits per heavy atom. The van der Waals surface area contributed by atoms with Gasteiger partial charge in [0.15, 0.2) is 5.82 Å². The van der Waals surface area contributed by atoms with Crippen molar-refractivity contribution in [3.63, 3.8) is 0 Å². The molecule has 1 N–H and O–H groups in total. The largest absolute Gasteiger partial charge is 0.366 e. The molecule has 1 aliphatic heterocycles. The summed E-state index contributed by atoms with van der Waals surface area (Å²) in [5.41, 5.74) is 0.774. The van der Waals surface area contributed by atoms with Crippen molar-refractivity contribution in [3.8, 4) is 5.69 Å². The van der Waals surface area contributed by atoms with Crippen LogP contribution >= 0.6 is 0 Å². The molecule has 0 bridgehead atoms. The van der Waals surface area contributed by atoms with Crippen LogP contribution in [0.1, 0.15) is 29.0 Å². The molecule has 3 aromatic rings. The fourth-order valence-electron chi connectivity index (χ4n) is 3.44. The Bertz CT molecular complexity index is 1130. The Kier molecular flexibility index (Phi) is 5.09. The zero-order valence-corrected chi connectivity index (χ0v) is 16.1. The van der Waals surface area contributed by atoms with Crippen molar-refractivity contribution in [2.24, 2.45) is 0 Å². The second kappa shape index (κ2) is 7.85.